The van der Waals surface area contributed by atoms with Gasteiger partial charge in [0.15, 0.2) is 0 Å². The van der Waals surface area contributed by atoms with Crippen LogP contribution in [0.5, 0.6) is 5.75 Å². The highest BCUT2D eigenvalue weighted by atomic mass is 16.5. The van der Waals surface area contributed by atoms with Gasteiger partial charge in [0.05, 0.1) is 31.2 Å². The zero-order chi connectivity index (χ0) is 18.5. The number of nitrogens with one attached hydrogen (secondary N) is 2. The number of hydrogen-bond donors (Lipinski definition) is 2. The Bertz CT molecular complexity index is 1010. The molecule has 0 spiro atoms. The first-order valence-electron chi connectivity index (χ1n) is 10.2. The number of aromatic amines is 1. The highest BCUT2D eigenvalue weighted by molar-refractivity contribution is 5.88. The number of rotatable bonds is 5. The maximum absolute atomic E-state index is 6.09. The molecule has 2 atom stereocenters. The molecule has 6 nitrogen and oxygen atoms in total. The molecule has 2 aromatic heterocycles. The van der Waals surface area contributed by atoms with Crippen LogP contribution in [0.25, 0.3) is 11.0 Å². The lowest BCUT2D eigenvalue weighted by Crippen LogP contribution is -2.37. The number of fused-ring (bicyclic) bond motifs is 2. The summed E-state index contributed by atoms with van der Waals surface area (Å²) in [5.41, 5.74) is 3.42. The molecule has 3 aromatic rings. The first-order chi connectivity index (χ1) is 13.8. The normalized spacial score (nSPS) is 24.4. The molecule has 0 amide bonds. The fourth-order valence-corrected chi connectivity index (χ4v) is 4.50. The third kappa shape index (κ3) is 2.83. The van der Waals surface area contributed by atoms with Crippen molar-refractivity contribution in [2.24, 2.45) is 11.8 Å². The van der Waals surface area contributed by atoms with Gasteiger partial charge in [0.2, 0.25) is 0 Å². The SMILES string of the molecule is c1ccc2c(c1)OCC(CC1COC1)C2Nc1ncnc2[nH]c(C3CC3)cc12. The van der Waals surface area contributed by atoms with Crippen LogP contribution in [0.3, 0.4) is 0 Å². The number of anilines is 1. The molecule has 2 unspecified atom stereocenters. The third-order valence-electron chi connectivity index (χ3n) is 6.28. The van der Waals surface area contributed by atoms with Crippen LogP contribution in [0, 0.1) is 11.8 Å². The molecule has 28 heavy (non-hydrogen) atoms. The van der Waals surface area contributed by atoms with E-state index < -0.39 is 0 Å². The van der Waals surface area contributed by atoms with E-state index in [0.29, 0.717) is 17.8 Å². The van der Waals surface area contributed by atoms with E-state index >= 15 is 0 Å². The van der Waals surface area contributed by atoms with Crippen molar-refractivity contribution < 1.29 is 9.47 Å². The Morgan fingerprint density at radius 3 is 2.82 bits per heavy atom. The molecule has 1 aromatic carbocycles. The van der Waals surface area contributed by atoms with Gasteiger partial charge in [0.1, 0.15) is 23.5 Å². The van der Waals surface area contributed by atoms with Gasteiger partial charge in [-0.15, -0.1) is 0 Å². The number of H-pyrrole nitrogens is 1. The van der Waals surface area contributed by atoms with E-state index in [2.05, 4.69) is 44.5 Å². The van der Waals surface area contributed by atoms with Crippen LogP contribution in [0.2, 0.25) is 0 Å². The van der Waals surface area contributed by atoms with Gasteiger partial charge in [-0.2, -0.15) is 0 Å². The summed E-state index contributed by atoms with van der Waals surface area (Å²) < 4.78 is 11.5. The minimum absolute atomic E-state index is 0.169. The Balaban J connectivity index is 1.36. The molecule has 4 heterocycles. The van der Waals surface area contributed by atoms with Gasteiger partial charge >= 0.3 is 0 Å². The molecule has 2 aliphatic heterocycles. The Morgan fingerprint density at radius 2 is 2.00 bits per heavy atom. The molecular formula is C22H24N4O2. The van der Waals surface area contributed by atoms with E-state index in [-0.39, 0.29) is 6.04 Å². The molecule has 1 aliphatic carbocycles. The maximum Gasteiger partial charge on any atom is 0.143 e. The van der Waals surface area contributed by atoms with E-state index in [9.17, 15) is 0 Å². The highest BCUT2D eigenvalue weighted by Gasteiger charge is 2.35. The Morgan fingerprint density at radius 1 is 1.11 bits per heavy atom. The van der Waals surface area contributed by atoms with Crippen LogP contribution in [-0.2, 0) is 4.74 Å². The van der Waals surface area contributed by atoms with E-state index in [4.69, 9.17) is 9.47 Å². The molecular weight excluding hydrogens is 352 g/mol. The van der Waals surface area contributed by atoms with Gasteiger partial charge in [-0.3, -0.25) is 0 Å². The third-order valence-corrected chi connectivity index (χ3v) is 6.28. The van der Waals surface area contributed by atoms with Gasteiger partial charge in [-0.05, 0) is 37.3 Å². The summed E-state index contributed by atoms with van der Waals surface area (Å²) in [6, 6.07) is 10.7. The second-order valence-corrected chi connectivity index (χ2v) is 8.35. The summed E-state index contributed by atoms with van der Waals surface area (Å²) in [5.74, 6) is 3.55. The minimum Gasteiger partial charge on any atom is -0.493 e. The molecule has 1 saturated heterocycles. The monoisotopic (exact) mass is 376 g/mol. The number of aromatic nitrogens is 3. The molecule has 2 N–H and O–H groups in total. The van der Waals surface area contributed by atoms with Gasteiger partial charge in [0.25, 0.3) is 0 Å². The predicted octanol–water partition coefficient (Wildman–Crippen LogP) is 4.03. The molecule has 3 aliphatic rings. The molecule has 1 saturated carbocycles. The fourth-order valence-electron chi connectivity index (χ4n) is 4.50. The highest BCUT2D eigenvalue weighted by Crippen LogP contribution is 2.43. The first-order valence-corrected chi connectivity index (χ1v) is 10.2. The standard InChI is InChI=1S/C22H24N4O2/c1-2-4-19-16(3-1)20(15(11-28-19)7-13-9-27-10-13)26-22-17-8-18(14-5-6-14)25-21(17)23-12-24-22/h1-4,8,12-15,20H,5-7,9-11H2,(H2,23,24,25,26). The second kappa shape index (κ2) is 6.48. The fraction of sp³-hybridized carbons (Fsp3) is 0.455. The molecule has 2 fully saturated rings. The lowest BCUT2D eigenvalue weighted by molar-refractivity contribution is -0.0474. The number of nitrogens with zero attached hydrogens (tertiary/aromatic N) is 2. The van der Waals surface area contributed by atoms with Crippen LogP contribution in [-0.4, -0.2) is 34.8 Å². The average Bonchev–Trinajstić information content (AvgIpc) is 3.45. The van der Waals surface area contributed by atoms with Crippen molar-refractivity contribution in [2.45, 2.75) is 31.2 Å². The van der Waals surface area contributed by atoms with E-state index in [0.717, 1.165) is 48.8 Å². The van der Waals surface area contributed by atoms with Crippen molar-refractivity contribution >= 4 is 16.9 Å². The van der Waals surface area contributed by atoms with Crippen LogP contribution in [0.1, 0.15) is 42.5 Å². The van der Waals surface area contributed by atoms with Gasteiger partial charge in [-0.1, -0.05) is 18.2 Å². The Labute approximate surface area is 163 Å². The molecule has 0 bridgehead atoms. The van der Waals surface area contributed by atoms with Gasteiger partial charge in [-0.25, -0.2) is 9.97 Å². The maximum atomic E-state index is 6.09. The van der Waals surface area contributed by atoms with Crippen molar-refractivity contribution in [3.8, 4) is 5.75 Å². The summed E-state index contributed by atoms with van der Waals surface area (Å²) >= 11 is 0. The smallest absolute Gasteiger partial charge is 0.143 e. The van der Waals surface area contributed by atoms with Crippen molar-refractivity contribution in [3.05, 3.63) is 47.9 Å². The van der Waals surface area contributed by atoms with Crippen molar-refractivity contribution in [1.82, 2.24) is 15.0 Å². The summed E-state index contributed by atoms with van der Waals surface area (Å²) in [5, 5.41) is 4.85. The summed E-state index contributed by atoms with van der Waals surface area (Å²) in [4.78, 5) is 12.5. The average molecular weight is 376 g/mol. The largest absolute Gasteiger partial charge is 0.493 e. The lowest BCUT2D eigenvalue weighted by Gasteiger charge is -2.38. The number of benzene rings is 1. The van der Waals surface area contributed by atoms with Gasteiger partial charge in [0, 0.05) is 23.1 Å². The Kier molecular flexibility index (Phi) is 3.79. The quantitative estimate of drug-likeness (QED) is 0.703. The van der Waals surface area contributed by atoms with Gasteiger partial charge < -0.3 is 19.8 Å². The number of ether oxygens (including phenoxy) is 2. The lowest BCUT2D eigenvalue weighted by atomic mass is 9.83. The number of para-hydroxylation sites is 1. The van der Waals surface area contributed by atoms with E-state index in [1.807, 2.05) is 6.07 Å². The predicted molar refractivity (Wildman–Crippen MR) is 107 cm³/mol. The first kappa shape index (κ1) is 16.4. The minimum atomic E-state index is 0.169. The van der Waals surface area contributed by atoms with Crippen LogP contribution < -0.4 is 10.1 Å². The molecule has 0 radical (unpaired) electrons. The summed E-state index contributed by atoms with van der Waals surface area (Å²) in [7, 11) is 0. The Hall–Kier alpha value is -2.60. The van der Waals surface area contributed by atoms with Crippen molar-refractivity contribution in [2.75, 3.05) is 25.1 Å². The topological polar surface area (TPSA) is 72.1 Å². The zero-order valence-electron chi connectivity index (χ0n) is 15.7. The second-order valence-electron chi connectivity index (χ2n) is 8.35. The van der Waals surface area contributed by atoms with Crippen molar-refractivity contribution in [3.63, 3.8) is 0 Å². The van der Waals surface area contributed by atoms with E-state index in [1.54, 1.807) is 6.33 Å². The van der Waals surface area contributed by atoms with E-state index in [1.165, 1.54) is 24.1 Å². The summed E-state index contributed by atoms with van der Waals surface area (Å²) in [6.45, 7) is 2.45. The van der Waals surface area contributed by atoms with Crippen LogP contribution in [0.4, 0.5) is 5.82 Å². The number of hydrogen-bond acceptors (Lipinski definition) is 5. The zero-order valence-corrected chi connectivity index (χ0v) is 15.7. The van der Waals surface area contributed by atoms with Crippen LogP contribution in [0.15, 0.2) is 36.7 Å². The molecule has 6 heteroatoms. The van der Waals surface area contributed by atoms with Crippen LogP contribution >= 0.6 is 0 Å². The summed E-state index contributed by atoms with van der Waals surface area (Å²) in [6.07, 6.45) is 5.28. The van der Waals surface area contributed by atoms with Crippen molar-refractivity contribution in [1.29, 1.82) is 0 Å². The molecule has 6 rings (SSSR count). The molecule has 144 valence electrons.